The van der Waals surface area contributed by atoms with Crippen molar-refractivity contribution in [3.8, 4) is 11.5 Å². The van der Waals surface area contributed by atoms with E-state index in [1.165, 1.54) is 6.92 Å². The summed E-state index contributed by atoms with van der Waals surface area (Å²) in [5.41, 5.74) is 1.71. The van der Waals surface area contributed by atoms with Gasteiger partial charge in [0.2, 0.25) is 0 Å². The molecule has 10 heteroatoms. The zero-order chi connectivity index (χ0) is 29.4. The van der Waals surface area contributed by atoms with Crippen LogP contribution in [0.3, 0.4) is 0 Å². The smallest absolute Gasteiger partial charge is 0.363 e. The Morgan fingerprint density at radius 3 is 2.45 bits per heavy atom. The van der Waals surface area contributed by atoms with Crippen molar-refractivity contribution in [3.63, 3.8) is 0 Å². The van der Waals surface area contributed by atoms with E-state index in [1.807, 2.05) is 23.2 Å². The van der Waals surface area contributed by atoms with E-state index in [-0.39, 0.29) is 41.3 Å². The molecular weight excluding hydrogens is 536 g/mol. The number of piperidine rings is 1. The van der Waals surface area contributed by atoms with Crippen LogP contribution >= 0.6 is 11.6 Å². The third-order valence-corrected chi connectivity index (χ3v) is 8.02. The van der Waals surface area contributed by atoms with E-state index in [9.17, 15) is 19.5 Å². The van der Waals surface area contributed by atoms with Gasteiger partial charge in [0.15, 0.2) is 23.8 Å². The number of hydrogen-bond acceptors (Lipinski definition) is 7. The molecule has 4 atom stereocenters. The number of carboxylic acid groups (broad SMARTS) is 1. The van der Waals surface area contributed by atoms with Crippen molar-refractivity contribution in [1.82, 2.24) is 9.60 Å². The SMILES string of the molecule is COc1cccc([C@H]2OCC(=O)[N+](CC(C)(C)C)(N3CCC(C(=O)O)[C@@H](C(C)=O)C3)c3ccc(Cl)cc32)c1OC. The minimum atomic E-state index is -0.995. The molecule has 0 spiro atoms. The second-order valence-corrected chi connectivity index (χ2v) is 12.2. The molecule has 2 heterocycles. The van der Waals surface area contributed by atoms with Gasteiger partial charge in [0.1, 0.15) is 18.4 Å². The van der Waals surface area contributed by atoms with E-state index >= 15 is 0 Å². The molecule has 0 aliphatic carbocycles. The number of quaternary nitrogens is 1. The van der Waals surface area contributed by atoms with Crippen molar-refractivity contribution < 1.29 is 33.7 Å². The average molecular weight is 574 g/mol. The van der Waals surface area contributed by atoms with Crippen LogP contribution in [-0.4, -0.2) is 68.2 Å². The molecule has 1 N–H and O–H groups in total. The summed E-state index contributed by atoms with van der Waals surface area (Å²) in [5, 5.41) is 12.3. The summed E-state index contributed by atoms with van der Waals surface area (Å²) in [6.45, 7) is 8.17. The predicted molar refractivity (Wildman–Crippen MR) is 151 cm³/mol. The van der Waals surface area contributed by atoms with Gasteiger partial charge >= 0.3 is 11.9 Å². The third kappa shape index (κ3) is 5.48. The van der Waals surface area contributed by atoms with Crippen LogP contribution in [0.15, 0.2) is 36.4 Å². The molecule has 216 valence electrons. The summed E-state index contributed by atoms with van der Waals surface area (Å²) in [5.74, 6) is -1.95. The van der Waals surface area contributed by atoms with Gasteiger partial charge in [0.25, 0.3) is 0 Å². The van der Waals surface area contributed by atoms with E-state index in [0.717, 1.165) is 0 Å². The van der Waals surface area contributed by atoms with Crippen molar-refractivity contribution >= 4 is 34.9 Å². The third-order valence-electron chi connectivity index (χ3n) is 7.79. The van der Waals surface area contributed by atoms with Gasteiger partial charge in [-0.05, 0) is 31.5 Å². The molecule has 0 bridgehead atoms. The number of carboxylic acids is 1. The van der Waals surface area contributed by atoms with Crippen molar-refractivity contribution in [1.29, 1.82) is 0 Å². The Hall–Kier alpha value is -2.98. The van der Waals surface area contributed by atoms with Crippen LogP contribution in [0.4, 0.5) is 5.69 Å². The lowest BCUT2D eigenvalue weighted by molar-refractivity contribution is -0.165. The van der Waals surface area contributed by atoms with E-state index in [2.05, 4.69) is 20.8 Å². The Morgan fingerprint density at radius 1 is 1.12 bits per heavy atom. The molecule has 1 amide bonds. The molecule has 1 saturated heterocycles. The highest BCUT2D eigenvalue weighted by Crippen LogP contribution is 2.48. The number of rotatable bonds is 7. The quantitative estimate of drug-likeness (QED) is 0.467. The lowest BCUT2D eigenvalue weighted by Gasteiger charge is -2.49. The fourth-order valence-corrected chi connectivity index (χ4v) is 6.34. The number of para-hydroxylation sites is 1. The van der Waals surface area contributed by atoms with Gasteiger partial charge < -0.3 is 19.3 Å². The molecule has 2 aromatic carbocycles. The van der Waals surface area contributed by atoms with Crippen molar-refractivity contribution in [2.75, 3.05) is 40.5 Å². The normalized spacial score (nSPS) is 25.6. The Bertz CT molecular complexity index is 1310. The largest absolute Gasteiger partial charge is 0.493 e. The van der Waals surface area contributed by atoms with Crippen LogP contribution < -0.4 is 14.1 Å². The Labute approximate surface area is 240 Å². The second-order valence-electron chi connectivity index (χ2n) is 11.7. The lowest BCUT2D eigenvalue weighted by atomic mass is 9.83. The molecule has 9 nitrogen and oxygen atoms in total. The molecule has 2 aliphatic rings. The van der Waals surface area contributed by atoms with Crippen LogP contribution in [-0.2, 0) is 19.1 Å². The molecule has 40 heavy (non-hydrogen) atoms. The molecule has 0 radical (unpaired) electrons. The second kappa shape index (κ2) is 11.5. The average Bonchev–Trinajstić information content (AvgIpc) is 3.01. The summed E-state index contributed by atoms with van der Waals surface area (Å²) < 4.78 is 17.4. The van der Waals surface area contributed by atoms with E-state index in [1.54, 1.807) is 32.4 Å². The lowest BCUT2D eigenvalue weighted by Crippen LogP contribution is -2.71. The number of fused-ring (bicyclic) bond motifs is 1. The zero-order valence-corrected chi connectivity index (χ0v) is 24.7. The van der Waals surface area contributed by atoms with Gasteiger partial charge in [-0.25, -0.2) is 4.79 Å². The van der Waals surface area contributed by atoms with E-state index < -0.39 is 23.9 Å². The highest BCUT2D eigenvalue weighted by molar-refractivity contribution is 6.30. The van der Waals surface area contributed by atoms with E-state index in [4.69, 9.17) is 25.8 Å². The summed E-state index contributed by atoms with van der Waals surface area (Å²) in [6, 6.07) is 10.9. The van der Waals surface area contributed by atoms with E-state index in [0.29, 0.717) is 46.4 Å². The number of carbonyl (C=O) groups is 3. The maximum Gasteiger partial charge on any atom is 0.363 e. The first-order valence-corrected chi connectivity index (χ1v) is 13.7. The van der Waals surface area contributed by atoms with Crippen LogP contribution in [0.5, 0.6) is 11.5 Å². The van der Waals surface area contributed by atoms with Crippen molar-refractivity contribution in [2.45, 2.75) is 40.2 Å². The molecule has 1 fully saturated rings. The fourth-order valence-electron chi connectivity index (χ4n) is 6.16. The minimum absolute atomic E-state index is 0.128. The first-order valence-electron chi connectivity index (χ1n) is 13.4. The van der Waals surface area contributed by atoms with Crippen LogP contribution in [0.25, 0.3) is 0 Å². The fraction of sp³-hybridized carbons (Fsp3) is 0.500. The number of ether oxygens (including phenoxy) is 3. The monoisotopic (exact) mass is 573 g/mol. The molecule has 0 aromatic heterocycles. The maximum atomic E-state index is 14.4. The Kier molecular flexibility index (Phi) is 8.61. The number of benzene rings is 2. The van der Waals surface area contributed by atoms with Gasteiger partial charge in [-0.1, -0.05) is 44.5 Å². The number of carbonyl (C=O) groups excluding carboxylic acids is 2. The number of methoxy groups -OCH3 is 2. The highest BCUT2D eigenvalue weighted by Gasteiger charge is 2.55. The summed E-state index contributed by atoms with van der Waals surface area (Å²) in [4.78, 5) is 39.1. The Morgan fingerprint density at radius 2 is 1.85 bits per heavy atom. The first-order chi connectivity index (χ1) is 18.8. The molecular formula is C30H38ClN2O7+. The molecule has 2 aliphatic heterocycles. The van der Waals surface area contributed by atoms with Crippen molar-refractivity contribution in [3.05, 3.63) is 52.5 Å². The summed E-state index contributed by atoms with van der Waals surface area (Å²) in [6.07, 6.45) is -0.462. The predicted octanol–water partition coefficient (Wildman–Crippen LogP) is 4.88. The topological polar surface area (TPSA) is 102 Å². The molecule has 2 aromatic rings. The number of ketones is 1. The number of halogens is 1. The number of Topliss-reactive ketones (excluding diaryl/α,β-unsaturated/α-hetero) is 1. The van der Waals surface area contributed by atoms with Gasteiger partial charge in [-0.15, -0.1) is 9.60 Å². The van der Waals surface area contributed by atoms with Gasteiger partial charge in [-0.2, -0.15) is 0 Å². The van der Waals surface area contributed by atoms with Crippen molar-refractivity contribution in [2.24, 2.45) is 17.3 Å². The van der Waals surface area contributed by atoms with Gasteiger partial charge in [0.05, 0.1) is 32.2 Å². The number of aliphatic carboxylic acids is 1. The summed E-state index contributed by atoms with van der Waals surface area (Å²) >= 11 is 6.56. The van der Waals surface area contributed by atoms with Crippen LogP contribution in [0, 0.1) is 17.3 Å². The number of nitrogens with zero attached hydrogens (tertiary/aromatic N) is 2. The Balaban J connectivity index is 1.97. The highest BCUT2D eigenvalue weighted by atomic mass is 35.5. The first kappa shape index (κ1) is 30.0. The molecule has 2 unspecified atom stereocenters. The van der Waals surface area contributed by atoms with Gasteiger partial charge in [-0.3, -0.25) is 9.59 Å². The summed E-state index contributed by atoms with van der Waals surface area (Å²) in [7, 11) is 3.11. The van der Waals surface area contributed by atoms with Crippen LogP contribution in [0.2, 0.25) is 5.02 Å². The standard InChI is InChI=1S/C30H37ClN2O7/c1-18(34)23-15-32(13-12-20(23)29(36)37)33(17-30(2,3)4)24-11-10-19(31)14-22(24)27(40-16-26(33)35)21-8-7-9-25(38-5)28(21)39-6/h7-11,14,20,23,27H,12-13,15-17H2,1-6H3/p+1/t20?,23-,27-,33?/m1/s1. The van der Waals surface area contributed by atoms with Crippen LogP contribution in [0.1, 0.15) is 51.3 Å². The molecule has 4 rings (SSSR count). The zero-order valence-electron chi connectivity index (χ0n) is 23.9. The minimum Gasteiger partial charge on any atom is -0.493 e. The maximum absolute atomic E-state index is 14.4. The van der Waals surface area contributed by atoms with Gasteiger partial charge in [0, 0.05) is 34.5 Å². The molecule has 0 saturated carbocycles. The number of amides is 1. The number of hydrogen-bond donors (Lipinski definition) is 1.